The molecular weight excluding hydrogens is 492 g/mol. The number of benzene rings is 2. The Hall–Kier alpha value is -4.41. The van der Waals surface area contributed by atoms with Gasteiger partial charge in [-0.15, -0.1) is 0 Å². The van der Waals surface area contributed by atoms with Crippen LogP contribution < -0.4 is 20.3 Å². The summed E-state index contributed by atoms with van der Waals surface area (Å²) in [6, 6.07) is 15.5. The number of nitrogens with one attached hydrogen (secondary N) is 3. The number of aromatic amines is 1. The first-order chi connectivity index (χ1) is 18.9. The zero-order chi connectivity index (χ0) is 27.4. The van der Waals surface area contributed by atoms with Crippen molar-refractivity contribution < 1.29 is 9.53 Å². The van der Waals surface area contributed by atoms with E-state index in [1.165, 1.54) is 11.8 Å². The average molecular weight is 527 g/mol. The molecule has 39 heavy (non-hydrogen) atoms. The van der Waals surface area contributed by atoms with Gasteiger partial charge in [0, 0.05) is 62.0 Å². The van der Waals surface area contributed by atoms with Crippen LogP contribution in [0.2, 0.25) is 0 Å². The number of hydrogen-bond acceptors (Lipinski definition) is 8. The summed E-state index contributed by atoms with van der Waals surface area (Å²) in [5, 5.41) is 6.89. The molecule has 10 nitrogen and oxygen atoms in total. The van der Waals surface area contributed by atoms with Crippen molar-refractivity contribution in [2.24, 2.45) is 0 Å². The molecule has 0 atom stereocenters. The molecule has 2 aromatic heterocycles. The molecule has 2 aromatic carbocycles. The van der Waals surface area contributed by atoms with E-state index in [0.29, 0.717) is 35.5 Å². The van der Waals surface area contributed by atoms with Gasteiger partial charge in [0.1, 0.15) is 11.4 Å². The number of amides is 1. The molecule has 10 heteroatoms. The lowest BCUT2D eigenvalue weighted by atomic mass is 10.2. The van der Waals surface area contributed by atoms with Crippen molar-refractivity contribution in [3.63, 3.8) is 0 Å². The number of aromatic nitrogens is 3. The molecule has 0 unspecified atom stereocenters. The maximum Gasteiger partial charge on any atom is 0.247 e. The number of piperazine rings is 1. The fourth-order valence-corrected chi connectivity index (χ4v) is 4.55. The van der Waals surface area contributed by atoms with Gasteiger partial charge in [-0.2, -0.15) is 9.97 Å². The van der Waals surface area contributed by atoms with Crippen LogP contribution in [-0.2, 0) is 11.3 Å². The smallest absolute Gasteiger partial charge is 0.247 e. The molecule has 3 heterocycles. The molecule has 1 amide bonds. The lowest BCUT2D eigenvalue weighted by Crippen LogP contribution is -2.44. The second-order valence-electron chi connectivity index (χ2n) is 9.91. The Bertz CT molecular complexity index is 1460. The summed E-state index contributed by atoms with van der Waals surface area (Å²) in [6.07, 6.45) is 3.16. The Morgan fingerprint density at radius 2 is 1.87 bits per heavy atom. The summed E-state index contributed by atoms with van der Waals surface area (Å²) in [4.78, 5) is 31.3. The third-order valence-electron chi connectivity index (χ3n) is 6.56. The maximum absolute atomic E-state index is 11.8. The van der Waals surface area contributed by atoms with Gasteiger partial charge >= 0.3 is 0 Å². The lowest BCUT2D eigenvalue weighted by Gasteiger charge is -2.34. The molecule has 0 radical (unpaired) electrons. The minimum atomic E-state index is -0.291. The minimum Gasteiger partial charge on any atom is -0.438 e. The number of carbonyl (C=O) groups is 1. The molecule has 4 aromatic rings. The first-order valence-corrected chi connectivity index (χ1v) is 12.9. The van der Waals surface area contributed by atoms with Crippen LogP contribution in [0.15, 0.2) is 67.4 Å². The molecule has 3 N–H and O–H groups in total. The number of likely N-dealkylation sites (N-methyl/N-ethyl adjacent to an activating group) is 1. The topological polar surface area (TPSA) is 102 Å². The fourth-order valence-electron chi connectivity index (χ4n) is 4.55. The van der Waals surface area contributed by atoms with E-state index in [-0.39, 0.29) is 5.91 Å². The van der Waals surface area contributed by atoms with Gasteiger partial charge in [0.2, 0.25) is 17.7 Å². The van der Waals surface area contributed by atoms with E-state index in [1.807, 2.05) is 44.6 Å². The van der Waals surface area contributed by atoms with Crippen molar-refractivity contribution in [3.8, 4) is 11.6 Å². The highest BCUT2D eigenvalue weighted by Crippen LogP contribution is 2.33. The summed E-state index contributed by atoms with van der Waals surface area (Å²) in [7, 11) is 6.17. The van der Waals surface area contributed by atoms with Crippen molar-refractivity contribution in [2.75, 3.05) is 62.9 Å². The van der Waals surface area contributed by atoms with Gasteiger partial charge in [0.05, 0.1) is 5.39 Å². The summed E-state index contributed by atoms with van der Waals surface area (Å²) in [5.41, 5.74) is 4.38. The van der Waals surface area contributed by atoms with E-state index < -0.39 is 0 Å². The first kappa shape index (κ1) is 26.2. The minimum absolute atomic E-state index is 0.291. The molecule has 0 saturated carbocycles. The highest BCUT2D eigenvalue weighted by atomic mass is 16.5. The lowest BCUT2D eigenvalue weighted by molar-refractivity contribution is -0.111. The number of H-pyrrole nitrogens is 1. The summed E-state index contributed by atoms with van der Waals surface area (Å²) < 4.78 is 6.30. The highest BCUT2D eigenvalue weighted by molar-refractivity contribution is 5.99. The fraction of sp³-hybridized carbons (Fsp3) is 0.276. The second-order valence-corrected chi connectivity index (χ2v) is 9.91. The number of fused-ring (bicyclic) bond motifs is 1. The standard InChI is InChI=1S/C29H34N8O2/c1-5-25(38)31-22-7-6-8-24(17-22)39-28-26-20(19-35(2)3)18-30-27(26)33-29(34-28)32-21-9-11-23(12-10-21)37-15-13-36(4)14-16-37/h5-12,17-18H,1,13-16,19H2,2-4H3,(H,31,38)(H2,30,32,33,34). The van der Waals surface area contributed by atoms with Crippen LogP contribution in [0.3, 0.4) is 0 Å². The third kappa shape index (κ3) is 6.36. The van der Waals surface area contributed by atoms with Gasteiger partial charge < -0.3 is 35.1 Å². The molecule has 0 spiro atoms. The molecule has 1 saturated heterocycles. The van der Waals surface area contributed by atoms with Gasteiger partial charge in [0.15, 0.2) is 0 Å². The van der Waals surface area contributed by atoms with Crippen molar-refractivity contribution in [3.05, 3.63) is 72.9 Å². The van der Waals surface area contributed by atoms with Crippen LogP contribution in [-0.4, -0.2) is 78.0 Å². The molecule has 202 valence electrons. The Labute approximate surface area is 228 Å². The van der Waals surface area contributed by atoms with Crippen LogP contribution in [0.25, 0.3) is 11.0 Å². The summed E-state index contributed by atoms with van der Waals surface area (Å²) in [6.45, 7) is 8.35. The zero-order valence-corrected chi connectivity index (χ0v) is 22.6. The number of rotatable bonds is 9. The Morgan fingerprint density at radius 1 is 1.10 bits per heavy atom. The van der Waals surface area contributed by atoms with Crippen LogP contribution in [0, 0.1) is 0 Å². The predicted molar refractivity (Wildman–Crippen MR) is 156 cm³/mol. The SMILES string of the molecule is C=CC(=O)Nc1cccc(Oc2nc(Nc3ccc(N4CCN(C)CC4)cc3)nc3[nH]cc(CN(C)C)c23)c1. The van der Waals surface area contributed by atoms with Crippen molar-refractivity contribution in [2.45, 2.75) is 6.54 Å². The van der Waals surface area contributed by atoms with Crippen LogP contribution >= 0.6 is 0 Å². The van der Waals surface area contributed by atoms with Crippen LogP contribution in [0.1, 0.15) is 5.56 Å². The number of hydrogen-bond donors (Lipinski definition) is 3. The van der Waals surface area contributed by atoms with Crippen LogP contribution in [0.5, 0.6) is 11.6 Å². The first-order valence-electron chi connectivity index (χ1n) is 12.9. The molecule has 1 fully saturated rings. The Kier molecular flexibility index (Phi) is 7.76. The van der Waals surface area contributed by atoms with E-state index in [0.717, 1.165) is 42.8 Å². The van der Waals surface area contributed by atoms with E-state index in [2.05, 4.69) is 56.1 Å². The van der Waals surface area contributed by atoms with E-state index in [4.69, 9.17) is 14.7 Å². The van der Waals surface area contributed by atoms with Gasteiger partial charge in [-0.3, -0.25) is 4.79 Å². The quantitative estimate of drug-likeness (QED) is 0.275. The number of carbonyl (C=O) groups excluding carboxylic acids is 1. The molecule has 5 rings (SSSR count). The maximum atomic E-state index is 11.8. The number of anilines is 4. The van der Waals surface area contributed by atoms with Gasteiger partial charge in [0.25, 0.3) is 0 Å². The molecule has 0 bridgehead atoms. The van der Waals surface area contributed by atoms with Gasteiger partial charge in [-0.1, -0.05) is 12.6 Å². The third-order valence-corrected chi connectivity index (χ3v) is 6.56. The number of nitrogens with zero attached hydrogens (tertiary/aromatic N) is 5. The van der Waals surface area contributed by atoms with Crippen molar-refractivity contribution in [1.29, 1.82) is 0 Å². The highest BCUT2D eigenvalue weighted by Gasteiger charge is 2.18. The largest absolute Gasteiger partial charge is 0.438 e. The second kappa shape index (κ2) is 11.5. The average Bonchev–Trinajstić information content (AvgIpc) is 3.32. The molecule has 1 aliphatic heterocycles. The summed E-state index contributed by atoms with van der Waals surface area (Å²) in [5.74, 6) is 1.08. The van der Waals surface area contributed by atoms with Gasteiger partial charge in [-0.05, 0) is 69.2 Å². The van der Waals surface area contributed by atoms with Gasteiger partial charge in [-0.25, -0.2) is 0 Å². The van der Waals surface area contributed by atoms with Crippen molar-refractivity contribution >= 4 is 40.0 Å². The van der Waals surface area contributed by atoms with Crippen molar-refractivity contribution in [1.82, 2.24) is 24.8 Å². The Balaban J connectivity index is 1.42. The van der Waals surface area contributed by atoms with Crippen LogP contribution in [0.4, 0.5) is 23.0 Å². The number of ether oxygens (including phenoxy) is 1. The molecular formula is C29H34N8O2. The van der Waals surface area contributed by atoms with E-state index in [9.17, 15) is 4.79 Å². The molecule has 0 aliphatic carbocycles. The monoisotopic (exact) mass is 526 g/mol. The Morgan fingerprint density at radius 3 is 2.59 bits per heavy atom. The molecule has 1 aliphatic rings. The van der Waals surface area contributed by atoms with E-state index >= 15 is 0 Å². The normalized spacial score (nSPS) is 14.0. The predicted octanol–water partition coefficient (Wildman–Crippen LogP) is 4.43. The summed E-state index contributed by atoms with van der Waals surface area (Å²) >= 11 is 0. The zero-order valence-electron chi connectivity index (χ0n) is 22.6. The van der Waals surface area contributed by atoms with E-state index in [1.54, 1.807) is 12.1 Å².